The van der Waals surface area contributed by atoms with Gasteiger partial charge in [-0.1, -0.05) is 48.0 Å². The van der Waals surface area contributed by atoms with Gasteiger partial charge in [-0.05, 0) is 68.3 Å². The van der Waals surface area contributed by atoms with Crippen LogP contribution in [0.4, 0.5) is 0 Å². The zero-order chi connectivity index (χ0) is 22.7. The summed E-state index contributed by atoms with van der Waals surface area (Å²) < 4.78 is 4.73. The van der Waals surface area contributed by atoms with Crippen molar-refractivity contribution in [1.82, 2.24) is 4.57 Å². The number of hydrogen-bond donors (Lipinski definition) is 0. The molecule has 6 aromatic rings. The van der Waals surface area contributed by atoms with Crippen molar-refractivity contribution in [3.8, 4) is 16.9 Å². The Labute approximate surface area is 194 Å². The number of pyridine rings is 1. The summed E-state index contributed by atoms with van der Waals surface area (Å²) in [6, 6.07) is 33.2. The highest BCUT2D eigenvalue weighted by Crippen LogP contribution is 2.33. The number of nitrogens with zero attached hydrogens (tertiary/aromatic N) is 2. The van der Waals surface area contributed by atoms with Crippen LogP contribution in [0.3, 0.4) is 0 Å². The first-order valence-electron chi connectivity index (χ1n) is 11.5. The van der Waals surface area contributed by atoms with E-state index in [1.54, 1.807) is 0 Å². The summed E-state index contributed by atoms with van der Waals surface area (Å²) in [5.41, 5.74) is 11.4. The van der Waals surface area contributed by atoms with Crippen LogP contribution < -0.4 is 4.57 Å². The largest absolute Gasteiger partial charge is 0.309 e. The van der Waals surface area contributed by atoms with Crippen molar-refractivity contribution in [2.24, 2.45) is 7.05 Å². The van der Waals surface area contributed by atoms with Crippen LogP contribution in [0, 0.1) is 20.8 Å². The van der Waals surface area contributed by atoms with E-state index in [2.05, 4.69) is 128 Å². The molecule has 2 nitrogen and oxygen atoms in total. The van der Waals surface area contributed by atoms with Gasteiger partial charge in [-0.3, -0.25) is 0 Å². The Morgan fingerprint density at radius 2 is 1.30 bits per heavy atom. The molecule has 0 atom stereocenters. The van der Waals surface area contributed by atoms with E-state index in [0.29, 0.717) is 0 Å². The van der Waals surface area contributed by atoms with E-state index in [4.69, 9.17) is 0 Å². The molecule has 0 saturated heterocycles. The van der Waals surface area contributed by atoms with Crippen molar-refractivity contribution in [3.05, 3.63) is 108 Å². The molecule has 0 amide bonds. The van der Waals surface area contributed by atoms with Gasteiger partial charge in [0, 0.05) is 33.9 Å². The molecule has 33 heavy (non-hydrogen) atoms. The Hall–Kier alpha value is -3.91. The molecule has 0 bridgehead atoms. The topological polar surface area (TPSA) is 8.81 Å². The molecule has 4 aromatic carbocycles. The third-order valence-electron chi connectivity index (χ3n) is 7.08. The molecule has 0 aliphatic heterocycles. The summed E-state index contributed by atoms with van der Waals surface area (Å²) in [5, 5.41) is 3.82. The smallest absolute Gasteiger partial charge is 0.214 e. The minimum atomic E-state index is 1.18. The first kappa shape index (κ1) is 19.8. The molecule has 6 rings (SSSR count). The van der Waals surface area contributed by atoms with Gasteiger partial charge < -0.3 is 4.57 Å². The summed E-state index contributed by atoms with van der Waals surface area (Å²) in [5.74, 6) is 0. The van der Waals surface area contributed by atoms with Crippen molar-refractivity contribution in [3.63, 3.8) is 0 Å². The highest BCUT2D eigenvalue weighted by Gasteiger charge is 2.19. The number of fused-ring (bicyclic) bond motifs is 4. The summed E-state index contributed by atoms with van der Waals surface area (Å²) in [7, 11) is 2.18. The normalized spacial score (nSPS) is 11.6. The van der Waals surface area contributed by atoms with Gasteiger partial charge in [0.15, 0.2) is 0 Å². The lowest BCUT2D eigenvalue weighted by Crippen LogP contribution is -2.32. The zero-order valence-corrected chi connectivity index (χ0v) is 19.6. The molecule has 2 heterocycles. The number of aromatic nitrogens is 2. The third-order valence-corrected chi connectivity index (χ3v) is 7.08. The highest BCUT2D eigenvalue weighted by atomic mass is 15.0. The van der Waals surface area contributed by atoms with E-state index in [-0.39, 0.29) is 0 Å². The van der Waals surface area contributed by atoms with Gasteiger partial charge in [0.25, 0.3) is 0 Å². The van der Waals surface area contributed by atoms with Crippen LogP contribution in [-0.2, 0) is 7.05 Å². The molecule has 0 aliphatic rings. The molecular weight excluding hydrogens is 400 g/mol. The monoisotopic (exact) mass is 427 g/mol. The maximum Gasteiger partial charge on any atom is 0.214 e. The van der Waals surface area contributed by atoms with Crippen LogP contribution in [0.25, 0.3) is 49.7 Å². The van der Waals surface area contributed by atoms with E-state index in [1.807, 2.05) is 0 Å². The minimum absolute atomic E-state index is 1.18. The molecular formula is C31H27N2+. The average molecular weight is 428 g/mol. The average Bonchev–Trinajstić information content (AvgIpc) is 3.16. The standard InChI is InChI=1S/C31H27N2/c1-20-17-21(2)22(3)27(18-20)28-16-14-23-13-15-24(19-31(23)32(28)4)33-29-11-7-5-9-25(29)26-10-6-8-12-30(26)33/h5-19H,1-4H3/q+1. The fourth-order valence-corrected chi connectivity index (χ4v) is 5.29. The lowest BCUT2D eigenvalue weighted by atomic mass is 9.97. The highest BCUT2D eigenvalue weighted by molar-refractivity contribution is 6.09. The Morgan fingerprint density at radius 3 is 2.00 bits per heavy atom. The van der Waals surface area contributed by atoms with Gasteiger partial charge in [0.05, 0.1) is 16.7 Å². The lowest BCUT2D eigenvalue weighted by Gasteiger charge is -2.12. The minimum Gasteiger partial charge on any atom is -0.309 e. The number of rotatable bonds is 2. The molecule has 0 fully saturated rings. The van der Waals surface area contributed by atoms with Crippen LogP contribution in [0.15, 0.2) is 91.0 Å². The third kappa shape index (κ3) is 2.98. The molecule has 0 spiro atoms. The van der Waals surface area contributed by atoms with Crippen molar-refractivity contribution in [2.75, 3.05) is 0 Å². The quantitative estimate of drug-likeness (QED) is 0.255. The Balaban J connectivity index is 1.64. The summed E-state index contributed by atoms with van der Waals surface area (Å²) >= 11 is 0. The second-order valence-electron chi connectivity index (χ2n) is 9.14. The molecule has 2 aromatic heterocycles. The van der Waals surface area contributed by atoms with Crippen LogP contribution in [0.2, 0.25) is 0 Å². The van der Waals surface area contributed by atoms with E-state index < -0.39 is 0 Å². The van der Waals surface area contributed by atoms with Crippen LogP contribution >= 0.6 is 0 Å². The molecule has 0 unspecified atom stereocenters. The number of benzene rings is 4. The lowest BCUT2D eigenvalue weighted by molar-refractivity contribution is -0.633. The van der Waals surface area contributed by atoms with Gasteiger partial charge in [-0.15, -0.1) is 0 Å². The maximum absolute atomic E-state index is 2.39. The van der Waals surface area contributed by atoms with Crippen molar-refractivity contribution in [2.45, 2.75) is 20.8 Å². The predicted octanol–water partition coefficient (Wildman–Crippen LogP) is 7.35. The number of hydrogen-bond acceptors (Lipinski definition) is 0. The van der Waals surface area contributed by atoms with Crippen molar-refractivity contribution >= 4 is 32.7 Å². The van der Waals surface area contributed by atoms with Gasteiger partial charge in [0.1, 0.15) is 7.05 Å². The van der Waals surface area contributed by atoms with E-state index in [1.165, 1.54) is 66.3 Å². The Bertz CT molecular complexity index is 1650. The van der Waals surface area contributed by atoms with Gasteiger partial charge >= 0.3 is 0 Å². The second kappa shape index (κ2) is 7.31. The molecule has 0 N–H and O–H groups in total. The first-order valence-corrected chi connectivity index (χ1v) is 11.5. The van der Waals surface area contributed by atoms with Crippen LogP contribution in [0.1, 0.15) is 16.7 Å². The van der Waals surface area contributed by atoms with Crippen molar-refractivity contribution < 1.29 is 4.57 Å². The molecule has 2 heteroatoms. The van der Waals surface area contributed by atoms with Gasteiger partial charge in [-0.25, -0.2) is 0 Å². The zero-order valence-electron chi connectivity index (χ0n) is 19.6. The van der Waals surface area contributed by atoms with E-state index >= 15 is 0 Å². The summed E-state index contributed by atoms with van der Waals surface area (Å²) in [6.45, 7) is 6.60. The molecule has 0 aliphatic carbocycles. The molecule has 0 saturated carbocycles. The van der Waals surface area contributed by atoms with Crippen molar-refractivity contribution in [1.29, 1.82) is 0 Å². The second-order valence-corrected chi connectivity index (χ2v) is 9.14. The number of aryl methyl sites for hydroxylation is 3. The number of para-hydroxylation sites is 2. The Kier molecular flexibility index (Phi) is 4.38. The van der Waals surface area contributed by atoms with Crippen LogP contribution in [0.5, 0.6) is 0 Å². The summed E-state index contributed by atoms with van der Waals surface area (Å²) in [6.07, 6.45) is 0. The maximum atomic E-state index is 2.39. The predicted molar refractivity (Wildman–Crippen MR) is 139 cm³/mol. The van der Waals surface area contributed by atoms with Gasteiger partial charge in [-0.2, -0.15) is 4.57 Å². The first-order chi connectivity index (χ1) is 16.0. The summed E-state index contributed by atoms with van der Waals surface area (Å²) in [4.78, 5) is 0. The fraction of sp³-hybridized carbons (Fsp3) is 0.129. The molecule has 0 radical (unpaired) electrons. The fourth-order valence-electron chi connectivity index (χ4n) is 5.29. The SMILES string of the molecule is Cc1cc(C)c(C)c(-c2ccc3ccc(-n4c5ccccc5c5ccccc54)cc3[n+]2C)c1. The van der Waals surface area contributed by atoms with Crippen LogP contribution in [-0.4, -0.2) is 4.57 Å². The van der Waals surface area contributed by atoms with E-state index in [9.17, 15) is 0 Å². The molecule has 160 valence electrons. The van der Waals surface area contributed by atoms with Gasteiger partial charge in [0.2, 0.25) is 11.2 Å². The van der Waals surface area contributed by atoms with E-state index in [0.717, 1.165) is 0 Å². The Morgan fingerprint density at radius 1 is 0.667 bits per heavy atom.